The SMILES string of the molecule is CC(C)(O)C(=O)c1ccc(OCCOO)cc1. The molecule has 1 rings (SSSR count). The largest absolute Gasteiger partial charge is 0.491 e. The van der Waals surface area contributed by atoms with E-state index in [1.54, 1.807) is 24.3 Å². The third-order valence-electron chi connectivity index (χ3n) is 2.12. The van der Waals surface area contributed by atoms with E-state index in [0.29, 0.717) is 11.3 Å². The molecule has 0 saturated heterocycles. The quantitative estimate of drug-likeness (QED) is 0.341. The first-order valence-corrected chi connectivity index (χ1v) is 5.21. The number of benzene rings is 1. The Labute approximate surface area is 99.5 Å². The van der Waals surface area contributed by atoms with Gasteiger partial charge in [-0.1, -0.05) is 0 Å². The van der Waals surface area contributed by atoms with Crippen LogP contribution in [-0.2, 0) is 4.89 Å². The van der Waals surface area contributed by atoms with Gasteiger partial charge < -0.3 is 9.84 Å². The lowest BCUT2D eigenvalue weighted by Crippen LogP contribution is -2.30. The van der Waals surface area contributed by atoms with E-state index in [9.17, 15) is 9.90 Å². The summed E-state index contributed by atoms with van der Waals surface area (Å²) in [6, 6.07) is 6.40. The van der Waals surface area contributed by atoms with Crippen LogP contribution < -0.4 is 4.74 Å². The zero-order valence-electron chi connectivity index (χ0n) is 9.84. The number of ketones is 1. The van der Waals surface area contributed by atoms with Crippen molar-refractivity contribution >= 4 is 5.78 Å². The molecule has 0 spiro atoms. The Kier molecular flexibility index (Phi) is 4.62. The lowest BCUT2D eigenvalue weighted by molar-refractivity contribution is -0.245. The van der Waals surface area contributed by atoms with Gasteiger partial charge in [0.05, 0.1) is 0 Å². The minimum atomic E-state index is -1.38. The van der Waals surface area contributed by atoms with E-state index in [1.165, 1.54) is 13.8 Å². The summed E-state index contributed by atoms with van der Waals surface area (Å²) < 4.78 is 5.21. The average Bonchev–Trinajstić information content (AvgIpc) is 2.28. The van der Waals surface area contributed by atoms with Crippen LogP contribution in [-0.4, -0.2) is 35.0 Å². The lowest BCUT2D eigenvalue weighted by Gasteiger charge is -2.15. The third-order valence-corrected chi connectivity index (χ3v) is 2.12. The summed E-state index contributed by atoms with van der Waals surface area (Å²) in [7, 11) is 0. The number of carbonyl (C=O) groups is 1. The van der Waals surface area contributed by atoms with E-state index >= 15 is 0 Å². The van der Waals surface area contributed by atoms with Gasteiger partial charge in [0.2, 0.25) is 0 Å². The van der Waals surface area contributed by atoms with Gasteiger partial charge in [0.1, 0.15) is 24.6 Å². The van der Waals surface area contributed by atoms with Crippen molar-refractivity contribution in [3.05, 3.63) is 29.8 Å². The second-order valence-electron chi connectivity index (χ2n) is 4.09. The number of Topliss-reactive ketones (excluding diaryl/α,β-unsaturated/α-hetero) is 1. The maximum absolute atomic E-state index is 11.7. The molecule has 0 aromatic heterocycles. The Bertz CT molecular complexity index is 363. The molecule has 0 radical (unpaired) electrons. The number of ether oxygens (including phenoxy) is 1. The molecule has 1 aromatic rings. The van der Waals surface area contributed by atoms with Crippen LogP contribution in [0.4, 0.5) is 0 Å². The maximum atomic E-state index is 11.7. The first kappa shape index (κ1) is 13.6. The molecule has 0 fully saturated rings. The van der Waals surface area contributed by atoms with Crippen molar-refractivity contribution in [2.24, 2.45) is 0 Å². The van der Waals surface area contributed by atoms with E-state index in [2.05, 4.69) is 4.89 Å². The van der Waals surface area contributed by atoms with Gasteiger partial charge in [-0.25, -0.2) is 4.89 Å². The number of hydrogen-bond acceptors (Lipinski definition) is 5. The van der Waals surface area contributed by atoms with Crippen LogP contribution in [0.1, 0.15) is 24.2 Å². The number of hydrogen-bond donors (Lipinski definition) is 2. The second kappa shape index (κ2) is 5.77. The first-order valence-electron chi connectivity index (χ1n) is 5.21. The summed E-state index contributed by atoms with van der Waals surface area (Å²) in [5.41, 5.74) is -0.962. The van der Waals surface area contributed by atoms with E-state index in [1.807, 2.05) is 0 Å². The molecular weight excluding hydrogens is 224 g/mol. The van der Waals surface area contributed by atoms with Crippen molar-refractivity contribution in [1.82, 2.24) is 0 Å². The fraction of sp³-hybridized carbons (Fsp3) is 0.417. The number of aliphatic hydroxyl groups is 1. The van der Waals surface area contributed by atoms with Crippen molar-refractivity contribution < 1.29 is 24.8 Å². The zero-order chi connectivity index (χ0) is 12.9. The van der Waals surface area contributed by atoms with Crippen molar-refractivity contribution in [3.63, 3.8) is 0 Å². The van der Waals surface area contributed by atoms with Gasteiger partial charge in [0, 0.05) is 5.56 Å². The van der Waals surface area contributed by atoms with Gasteiger partial charge in [-0.3, -0.25) is 10.1 Å². The minimum Gasteiger partial charge on any atom is -0.491 e. The minimum absolute atomic E-state index is 0.0738. The average molecular weight is 240 g/mol. The van der Waals surface area contributed by atoms with Gasteiger partial charge in [0.25, 0.3) is 0 Å². The van der Waals surface area contributed by atoms with Crippen molar-refractivity contribution in [3.8, 4) is 5.75 Å². The third kappa shape index (κ3) is 4.14. The van der Waals surface area contributed by atoms with Crippen LogP contribution in [0.3, 0.4) is 0 Å². The predicted molar refractivity (Wildman–Crippen MR) is 61.1 cm³/mol. The van der Waals surface area contributed by atoms with Crippen molar-refractivity contribution in [2.75, 3.05) is 13.2 Å². The molecule has 0 saturated carbocycles. The Morgan fingerprint density at radius 2 is 1.82 bits per heavy atom. The molecule has 94 valence electrons. The fourth-order valence-electron chi connectivity index (χ4n) is 1.25. The van der Waals surface area contributed by atoms with Gasteiger partial charge >= 0.3 is 0 Å². The molecular formula is C12H16O5. The monoisotopic (exact) mass is 240 g/mol. The first-order chi connectivity index (χ1) is 7.95. The van der Waals surface area contributed by atoms with Gasteiger partial charge in [0.15, 0.2) is 5.78 Å². The fourth-order valence-corrected chi connectivity index (χ4v) is 1.25. The summed E-state index contributed by atoms with van der Waals surface area (Å²) in [5.74, 6) is 0.220. The Hall–Kier alpha value is -1.43. The zero-order valence-corrected chi connectivity index (χ0v) is 9.84. The summed E-state index contributed by atoms with van der Waals surface area (Å²) in [5, 5.41) is 17.7. The Morgan fingerprint density at radius 1 is 1.24 bits per heavy atom. The van der Waals surface area contributed by atoms with E-state index in [0.717, 1.165) is 0 Å². The molecule has 0 amide bonds. The highest BCUT2D eigenvalue weighted by Gasteiger charge is 2.24. The lowest BCUT2D eigenvalue weighted by atomic mass is 9.97. The summed E-state index contributed by atoms with van der Waals surface area (Å²) >= 11 is 0. The number of rotatable bonds is 6. The highest BCUT2D eigenvalue weighted by atomic mass is 17.1. The van der Waals surface area contributed by atoms with Crippen LogP contribution >= 0.6 is 0 Å². The molecule has 17 heavy (non-hydrogen) atoms. The van der Waals surface area contributed by atoms with E-state index < -0.39 is 5.60 Å². The van der Waals surface area contributed by atoms with Crippen LogP contribution in [0.15, 0.2) is 24.3 Å². The van der Waals surface area contributed by atoms with E-state index in [4.69, 9.17) is 9.99 Å². The second-order valence-corrected chi connectivity index (χ2v) is 4.09. The molecule has 0 atom stereocenters. The predicted octanol–water partition coefficient (Wildman–Crippen LogP) is 1.51. The number of carbonyl (C=O) groups excluding carboxylic acids is 1. The molecule has 0 aliphatic heterocycles. The van der Waals surface area contributed by atoms with Gasteiger partial charge in [-0.2, -0.15) is 0 Å². The molecule has 0 aliphatic carbocycles. The molecule has 0 unspecified atom stereocenters. The van der Waals surface area contributed by atoms with E-state index in [-0.39, 0.29) is 19.0 Å². The molecule has 5 heteroatoms. The topological polar surface area (TPSA) is 76.0 Å². The van der Waals surface area contributed by atoms with Crippen molar-refractivity contribution in [2.45, 2.75) is 19.4 Å². The molecule has 0 aliphatic rings. The Morgan fingerprint density at radius 3 is 2.29 bits per heavy atom. The summed E-state index contributed by atoms with van der Waals surface area (Å²) in [4.78, 5) is 15.6. The summed E-state index contributed by atoms with van der Waals surface area (Å²) in [6.45, 7) is 3.18. The van der Waals surface area contributed by atoms with Gasteiger partial charge in [-0.05, 0) is 38.1 Å². The van der Waals surface area contributed by atoms with Crippen LogP contribution in [0.25, 0.3) is 0 Å². The van der Waals surface area contributed by atoms with Crippen LogP contribution in [0.2, 0.25) is 0 Å². The summed E-state index contributed by atoms with van der Waals surface area (Å²) in [6.07, 6.45) is 0. The maximum Gasteiger partial charge on any atom is 0.193 e. The highest BCUT2D eigenvalue weighted by Crippen LogP contribution is 2.16. The Balaban J connectivity index is 2.65. The van der Waals surface area contributed by atoms with Crippen LogP contribution in [0.5, 0.6) is 5.75 Å². The van der Waals surface area contributed by atoms with Crippen molar-refractivity contribution in [1.29, 1.82) is 0 Å². The molecule has 5 nitrogen and oxygen atoms in total. The molecule has 1 aromatic carbocycles. The van der Waals surface area contributed by atoms with Crippen LogP contribution in [0, 0.1) is 0 Å². The molecule has 2 N–H and O–H groups in total. The molecule has 0 bridgehead atoms. The normalized spacial score (nSPS) is 11.3. The standard InChI is InChI=1S/C12H16O5/c1-12(2,14)11(13)9-3-5-10(6-4-9)16-7-8-17-15/h3-6,14-15H,7-8H2,1-2H3. The smallest absolute Gasteiger partial charge is 0.193 e. The molecule has 0 heterocycles. The highest BCUT2D eigenvalue weighted by molar-refractivity contribution is 6.01. The van der Waals surface area contributed by atoms with Gasteiger partial charge in [-0.15, -0.1) is 0 Å².